The van der Waals surface area contributed by atoms with Crippen LogP contribution in [0.5, 0.6) is 5.75 Å². The first kappa shape index (κ1) is 12.9. The van der Waals surface area contributed by atoms with Crippen molar-refractivity contribution >= 4 is 0 Å². The van der Waals surface area contributed by atoms with Crippen LogP contribution in [0, 0.1) is 0 Å². The van der Waals surface area contributed by atoms with Crippen LogP contribution < -0.4 is 10.1 Å². The zero-order valence-corrected chi connectivity index (χ0v) is 11.8. The molecule has 3 nitrogen and oxygen atoms in total. The minimum absolute atomic E-state index is 0.180. The van der Waals surface area contributed by atoms with E-state index in [1.165, 1.54) is 18.4 Å². The lowest BCUT2D eigenvalue weighted by atomic mass is 9.78. The van der Waals surface area contributed by atoms with Crippen LogP contribution in [0.25, 0.3) is 0 Å². The Hall–Kier alpha value is -1.06. The van der Waals surface area contributed by atoms with Gasteiger partial charge in [0.15, 0.2) is 0 Å². The third-order valence-corrected chi connectivity index (χ3v) is 3.90. The Morgan fingerprint density at radius 3 is 2.42 bits per heavy atom. The van der Waals surface area contributed by atoms with Gasteiger partial charge in [-0.15, -0.1) is 0 Å². The van der Waals surface area contributed by atoms with E-state index in [0.717, 1.165) is 31.5 Å². The normalized spacial score (nSPS) is 21.2. The van der Waals surface area contributed by atoms with Gasteiger partial charge < -0.3 is 14.8 Å². The molecular weight excluding hydrogens is 238 g/mol. The largest absolute Gasteiger partial charge is 0.491 e. The fourth-order valence-electron chi connectivity index (χ4n) is 2.51. The van der Waals surface area contributed by atoms with Gasteiger partial charge in [0.25, 0.3) is 0 Å². The maximum absolute atomic E-state index is 5.69. The third kappa shape index (κ3) is 2.93. The molecule has 0 amide bonds. The molecule has 3 heteroatoms. The fourth-order valence-corrected chi connectivity index (χ4v) is 2.51. The molecule has 0 unspecified atom stereocenters. The molecule has 1 saturated carbocycles. The highest BCUT2D eigenvalue weighted by molar-refractivity contribution is 5.34. The molecule has 3 rings (SSSR count). The molecule has 19 heavy (non-hydrogen) atoms. The van der Waals surface area contributed by atoms with Gasteiger partial charge in [0.1, 0.15) is 5.75 Å². The predicted molar refractivity (Wildman–Crippen MR) is 75.7 cm³/mol. The van der Waals surface area contributed by atoms with E-state index in [1.54, 1.807) is 0 Å². The molecule has 0 bridgehead atoms. The second-order valence-electron chi connectivity index (χ2n) is 6.12. The van der Waals surface area contributed by atoms with Crippen molar-refractivity contribution in [2.45, 2.75) is 44.2 Å². The second-order valence-corrected chi connectivity index (χ2v) is 6.12. The minimum Gasteiger partial charge on any atom is -0.491 e. The van der Waals surface area contributed by atoms with Gasteiger partial charge in [-0.1, -0.05) is 12.1 Å². The lowest BCUT2D eigenvalue weighted by molar-refractivity contribution is -0.0591. The summed E-state index contributed by atoms with van der Waals surface area (Å²) in [6, 6.07) is 9.28. The highest BCUT2D eigenvalue weighted by atomic mass is 16.5. The van der Waals surface area contributed by atoms with Crippen LogP contribution >= 0.6 is 0 Å². The van der Waals surface area contributed by atoms with Crippen LogP contribution in [0.2, 0.25) is 0 Å². The van der Waals surface area contributed by atoms with E-state index in [4.69, 9.17) is 9.47 Å². The highest BCUT2D eigenvalue weighted by Crippen LogP contribution is 2.34. The first-order valence-corrected chi connectivity index (χ1v) is 7.26. The predicted octanol–water partition coefficient (Wildman–Crippen LogP) is 2.49. The van der Waals surface area contributed by atoms with Gasteiger partial charge in [-0.2, -0.15) is 0 Å². The van der Waals surface area contributed by atoms with Crippen LogP contribution in [0.1, 0.15) is 32.3 Å². The summed E-state index contributed by atoms with van der Waals surface area (Å²) in [6.45, 7) is 6.79. The second kappa shape index (κ2) is 5.14. The molecule has 104 valence electrons. The number of ether oxygens (including phenoxy) is 2. The average molecular weight is 261 g/mol. The summed E-state index contributed by atoms with van der Waals surface area (Å²) in [4.78, 5) is 0. The van der Waals surface area contributed by atoms with E-state index < -0.39 is 0 Å². The van der Waals surface area contributed by atoms with E-state index in [9.17, 15) is 0 Å². The van der Waals surface area contributed by atoms with E-state index in [-0.39, 0.29) is 11.5 Å². The standard InChI is InChI=1S/C16H23NO2/c1-12(2)19-15-7-3-13(4-8-15)16(10-18-11-16)9-17-14-5-6-14/h3-4,7-8,12,14,17H,5-6,9-11H2,1-2H3. The number of nitrogens with one attached hydrogen (secondary N) is 1. The number of hydrogen-bond acceptors (Lipinski definition) is 3. The Labute approximate surface area is 115 Å². The summed E-state index contributed by atoms with van der Waals surface area (Å²) in [5.74, 6) is 0.948. The maximum atomic E-state index is 5.69. The maximum Gasteiger partial charge on any atom is 0.119 e. The van der Waals surface area contributed by atoms with Crippen molar-refractivity contribution in [2.75, 3.05) is 19.8 Å². The van der Waals surface area contributed by atoms with Crippen LogP contribution in [-0.2, 0) is 10.2 Å². The van der Waals surface area contributed by atoms with Crippen LogP contribution in [0.15, 0.2) is 24.3 Å². The highest BCUT2D eigenvalue weighted by Gasteiger charge is 2.41. The van der Waals surface area contributed by atoms with Gasteiger partial charge in [0.05, 0.1) is 24.7 Å². The van der Waals surface area contributed by atoms with E-state index >= 15 is 0 Å². The van der Waals surface area contributed by atoms with Crippen LogP contribution in [-0.4, -0.2) is 31.9 Å². The Kier molecular flexibility index (Phi) is 3.50. The first-order chi connectivity index (χ1) is 9.18. The summed E-state index contributed by atoms with van der Waals surface area (Å²) in [6.07, 6.45) is 2.89. The number of rotatable bonds is 6. The van der Waals surface area contributed by atoms with Gasteiger partial charge in [-0.05, 0) is 44.4 Å². The summed E-state index contributed by atoms with van der Waals surface area (Å²) in [7, 11) is 0. The Balaban J connectivity index is 1.68. The summed E-state index contributed by atoms with van der Waals surface area (Å²) in [5, 5.41) is 3.63. The third-order valence-electron chi connectivity index (χ3n) is 3.90. The summed E-state index contributed by atoms with van der Waals surface area (Å²) < 4.78 is 11.2. The number of hydrogen-bond donors (Lipinski definition) is 1. The molecule has 1 aliphatic carbocycles. The molecule has 0 spiro atoms. The zero-order chi connectivity index (χ0) is 13.3. The average Bonchev–Trinajstić information content (AvgIpc) is 3.13. The SMILES string of the molecule is CC(C)Oc1ccc(C2(CNC3CC3)COC2)cc1. The van der Waals surface area contributed by atoms with Gasteiger partial charge >= 0.3 is 0 Å². The Morgan fingerprint density at radius 1 is 1.26 bits per heavy atom. The molecule has 1 saturated heterocycles. The fraction of sp³-hybridized carbons (Fsp3) is 0.625. The van der Waals surface area contributed by atoms with Crippen LogP contribution in [0.4, 0.5) is 0 Å². The topological polar surface area (TPSA) is 30.5 Å². The van der Waals surface area contributed by atoms with E-state index in [1.807, 2.05) is 0 Å². The van der Waals surface area contributed by atoms with Crippen molar-refractivity contribution < 1.29 is 9.47 Å². The molecule has 1 aliphatic heterocycles. The van der Waals surface area contributed by atoms with Crippen molar-refractivity contribution in [2.24, 2.45) is 0 Å². The van der Waals surface area contributed by atoms with Crippen molar-refractivity contribution in [1.82, 2.24) is 5.32 Å². The van der Waals surface area contributed by atoms with Gasteiger partial charge in [0.2, 0.25) is 0 Å². The van der Waals surface area contributed by atoms with Gasteiger partial charge in [-0.25, -0.2) is 0 Å². The summed E-state index contributed by atoms with van der Waals surface area (Å²) >= 11 is 0. The molecule has 1 N–H and O–H groups in total. The lowest BCUT2D eigenvalue weighted by Gasteiger charge is -2.42. The van der Waals surface area contributed by atoms with Crippen molar-refractivity contribution in [3.8, 4) is 5.75 Å². The van der Waals surface area contributed by atoms with E-state index in [2.05, 4.69) is 43.4 Å². The quantitative estimate of drug-likeness (QED) is 0.853. The monoisotopic (exact) mass is 261 g/mol. The molecule has 1 aromatic carbocycles. The van der Waals surface area contributed by atoms with Crippen molar-refractivity contribution in [3.63, 3.8) is 0 Å². The molecule has 1 aromatic rings. The smallest absolute Gasteiger partial charge is 0.119 e. The Bertz CT molecular complexity index is 419. The number of benzene rings is 1. The molecule has 0 radical (unpaired) electrons. The summed E-state index contributed by atoms with van der Waals surface area (Å²) in [5.41, 5.74) is 1.54. The van der Waals surface area contributed by atoms with Gasteiger partial charge in [0, 0.05) is 12.6 Å². The van der Waals surface area contributed by atoms with Crippen molar-refractivity contribution in [3.05, 3.63) is 29.8 Å². The van der Waals surface area contributed by atoms with E-state index in [0.29, 0.717) is 0 Å². The van der Waals surface area contributed by atoms with Crippen molar-refractivity contribution in [1.29, 1.82) is 0 Å². The lowest BCUT2D eigenvalue weighted by Crippen LogP contribution is -2.53. The van der Waals surface area contributed by atoms with Gasteiger partial charge in [-0.3, -0.25) is 0 Å². The molecule has 2 fully saturated rings. The van der Waals surface area contributed by atoms with Crippen LogP contribution in [0.3, 0.4) is 0 Å². The molecular formula is C16H23NO2. The Morgan fingerprint density at radius 2 is 1.95 bits per heavy atom. The minimum atomic E-state index is 0.180. The molecule has 0 aromatic heterocycles. The molecule has 1 heterocycles. The first-order valence-electron chi connectivity index (χ1n) is 7.26. The zero-order valence-electron chi connectivity index (χ0n) is 11.8. The molecule has 0 atom stereocenters. The molecule has 2 aliphatic rings.